The number of nitrogens with zero attached hydrogens (tertiary/aromatic N) is 2. The van der Waals surface area contributed by atoms with E-state index in [1.54, 1.807) is 10.6 Å². The summed E-state index contributed by atoms with van der Waals surface area (Å²) in [4.78, 5) is 26.2. The quantitative estimate of drug-likeness (QED) is 0.717. The molecule has 5 rings (SSSR count). The highest BCUT2D eigenvalue weighted by Crippen LogP contribution is 2.55. The molecule has 0 bridgehead atoms. The van der Waals surface area contributed by atoms with Crippen LogP contribution < -0.4 is 5.76 Å². The van der Waals surface area contributed by atoms with Crippen LogP contribution in [0.2, 0.25) is 0 Å². The number of aromatic carboxylic acids is 1. The molecule has 0 radical (unpaired) electrons. The van der Waals surface area contributed by atoms with Gasteiger partial charge >= 0.3 is 11.7 Å². The van der Waals surface area contributed by atoms with E-state index in [0.717, 1.165) is 37.0 Å². The number of aromatic amines is 1. The van der Waals surface area contributed by atoms with Crippen molar-refractivity contribution in [2.45, 2.75) is 37.6 Å². The highest BCUT2D eigenvalue weighted by Gasteiger charge is 2.59. The molecule has 0 amide bonds. The first-order chi connectivity index (χ1) is 13.5. The van der Waals surface area contributed by atoms with Gasteiger partial charge in [-0.1, -0.05) is 18.1 Å². The number of aromatic nitrogens is 3. The molecule has 2 N–H and O–H groups in total. The standard InChI is InChI=1S/C20H21N3O5/c1-11-10-20(11,18-21-19(26)28-22-18)23-15-3-2-13(12-4-6-27-7-5-12)8-14(15)9-16(23)17(24)25/h2-3,8-9,11-12H,4-7,10H2,1H3,(H,24,25)(H,21,22,26)/t11?,20-/m0/s1. The van der Waals surface area contributed by atoms with Crippen LogP contribution in [0, 0.1) is 5.92 Å². The molecule has 1 aliphatic heterocycles. The third kappa shape index (κ3) is 2.44. The van der Waals surface area contributed by atoms with Crippen molar-refractivity contribution in [3.05, 3.63) is 51.9 Å². The summed E-state index contributed by atoms with van der Waals surface area (Å²) in [6.07, 6.45) is 2.62. The predicted molar refractivity (Wildman–Crippen MR) is 99.7 cm³/mol. The van der Waals surface area contributed by atoms with Crippen molar-refractivity contribution in [3.8, 4) is 0 Å². The number of fused-ring (bicyclic) bond motifs is 1. The van der Waals surface area contributed by atoms with Gasteiger partial charge in [0.25, 0.3) is 0 Å². The molecule has 1 aromatic carbocycles. The Hall–Kier alpha value is -2.87. The van der Waals surface area contributed by atoms with Gasteiger partial charge < -0.3 is 14.4 Å². The Labute approximate surface area is 160 Å². The number of hydrogen-bond acceptors (Lipinski definition) is 5. The molecule has 1 saturated carbocycles. The molecule has 8 heteroatoms. The second-order valence-electron chi connectivity index (χ2n) is 7.85. The van der Waals surface area contributed by atoms with Crippen LogP contribution in [0.4, 0.5) is 0 Å². The number of hydrogen-bond donors (Lipinski definition) is 2. The van der Waals surface area contributed by atoms with Gasteiger partial charge in [-0.15, -0.1) is 0 Å². The first-order valence-corrected chi connectivity index (χ1v) is 9.54. The van der Waals surface area contributed by atoms with Gasteiger partial charge in [-0.2, -0.15) is 0 Å². The SMILES string of the molecule is CC1C[C@]1(c1noc(=O)[nH]1)n1c(C(=O)O)cc2cc(C3CCOCC3)ccc21. The van der Waals surface area contributed by atoms with Gasteiger partial charge in [-0.3, -0.25) is 9.51 Å². The predicted octanol–water partition coefficient (Wildman–Crippen LogP) is 2.69. The third-order valence-electron chi connectivity index (χ3n) is 6.26. The Morgan fingerprint density at radius 2 is 2.07 bits per heavy atom. The second-order valence-corrected chi connectivity index (χ2v) is 7.85. The molecule has 1 saturated heterocycles. The summed E-state index contributed by atoms with van der Waals surface area (Å²) >= 11 is 0. The number of nitrogens with one attached hydrogen (secondary N) is 1. The number of carboxylic acid groups (broad SMARTS) is 1. The normalized spacial score (nSPS) is 25.2. The van der Waals surface area contributed by atoms with Gasteiger partial charge in [-0.25, -0.2) is 9.59 Å². The Morgan fingerprint density at radius 1 is 1.32 bits per heavy atom. The summed E-state index contributed by atoms with van der Waals surface area (Å²) in [6.45, 7) is 3.52. The zero-order valence-corrected chi connectivity index (χ0v) is 15.5. The Bertz CT molecular complexity index is 1120. The average molecular weight is 383 g/mol. The fourth-order valence-electron chi connectivity index (χ4n) is 4.68. The summed E-state index contributed by atoms with van der Waals surface area (Å²) in [6, 6.07) is 7.86. The molecule has 0 spiro atoms. The molecule has 28 heavy (non-hydrogen) atoms. The van der Waals surface area contributed by atoms with Gasteiger partial charge in [0.05, 0.1) is 0 Å². The average Bonchev–Trinajstić information content (AvgIpc) is 3.05. The van der Waals surface area contributed by atoms with Gasteiger partial charge in [0, 0.05) is 24.1 Å². The molecule has 2 atom stereocenters. The number of H-pyrrole nitrogens is 1. The maximum absolute atomic E-state index is 12.0. The van der Waals surface area contributed by atoms with Crippen LogP contribution in [-0.2, 0) is 10.3 Å². The molecule has 3 heterocycles. The largest absolute Gasteiger partial charge is 0.477 e. The Morgan fingerprint density at radius 3 is 2.68 bits per heavy atom. The van der Waals surface area contributed by atoms with E-state index < -0.39 is 17.3 Å². The minimum Gasteiger partial charge on any atom is -0.477 e. The smallest absolute Gasteiger partial charge is 0.438 e. The van der Waals surface area contributed by atoms with Crippen molar-refractivity contribution in [2.24, 2.45) is 5.92 Å². The summed E-state index contributed by atoms with van der Waals surface area (Å²) in [5.41, 5.74) is 1.51. The van der Waals surface area contributed by atoms with Crippen LogP contribution in [0.25, 0.3) is 10.9 Å². The van der Waals surface area contributed by atoms with Crippen molar-refractivity contribution < 1.29 is 19.2 Å². The van der Waals surface area contributed by atoms with Gasteiger partial charge in [0.1, 0.15) is 11.2 Å². The van der Waals surface area contributed by atoms with E-state index >= 15 is 0 Å². The summed E-state index contributed by atoms with van der Waals surface area (Å²) in [5.74, 6) is -0.720. The minimum atomic E-state index is -1.01. The zero-order chi connectivity index (χ0) is 19.5. The van der Waals surface area contributed by atoms with Crippen LogP contribution in [0.3, 0.4) is 0 Å². The van der Waals surface area contributed by atoms with Crippen LogP contribution in [0.15, 0.2) is 33.6 Å². The number of carboxylic acids is 1. The second kappa shape index (κ2) is 6.07. The van der Waals surface area contributed by atoms with Gasteiger partial charge in [-0.05, 0) is 54.9 Å². The lowest BCUT2D eigenvalue weighted by Crippen LogP contribution is -2.26. The maximum atomic E-state index is 12.0. The van der Waals surface area contributed by atoms with E-state index in [-0.39, 0.29) is 11.6 Å². The molecule has 2 aliphatic rings. The molecule has 8 nitrogen and oxygen atoms in total. The molecular weight excluding hydrogens is 362 g/mol. The van der Waals surface area contributed by atoms with Crippen molar-refractivity contribution in [1.82, 2.24) is 14.7 Å². The molecule has 1 aliphatic carbocycles. The van der Waals surface area contributed by atoms with Crippen molar-refractivity contribution in [2.75, 3.05) is 13.2 Å². The monoisotopic (exact) mass is 383 g/mol. The van der Waals surface area contributed by atoms with Crippen molar-refractivity contribution in [3.63, 3.8) is 0 Å². The number of rotatable bonds is 4. The molecule has 146 valence electrons. The third-order valence-corrected chi connectivity index (χ3v) is 6.26. The number of benzene rings is 1. The van der Waals surface area contributed by atoms with E-state index in [1.165, 1.54) is 5.56 Å². The van der Waals surface area contributed by atoms with E-state index in [1.807, 2.05) is 13.0 Å². The lowest BCUT2D eigenvalue weighted by atomic mass is 9.91. The van der Waals surface area contributed by atoms with Crippen LogP contribution in [0.5, 0.6) is 0 Å². The fraction of sp³-hybridized carbons (Fsp3) is 0.450. The zero-order valence-electron chi connectivity index (χ0n) is 15.5. The van der Waals surface area contributed by atoms with Crippen molar-refractivity contribution >= 4 is 16.9 Å². The summed E-state index contributed by atoms with van der Waals surface area (Å²) in [5, 5.41) is 14.6. The topological polar surface area (TPSA) is 110 Å². The first-order valence-electron chi connectivity index (χ1n) is 9.54. The highest BCUT2D eigenvalue weighted by atomic mass is 16.5. The number of ether oxygens (including phenoxy) is 1. The summed E-state index contributed by atoms with van der Waals surface area (Å²) in [7, 11) is 0. The van der Waals surface area contributed by atoms with Crippen LogP contribution in [-0.4, -0.2) is 39.0 Å². The summed E-state index contributed by atoms with van der Waals surface area (Å²) < 4.78 is 12.0. The van der Waals surface area contributed by atoms with E-state index in [2.05, 4.69) is 22.3 Å². The van der Waals surface area contributed by atoms with E-state index in [0.29, 0.717) is 18.2 Å². The first kappa shape index (κ1) is 17.2. The Balaban J connectivity index is 1.68. The fourth-order valence-corrected chi connectivity index (χ4v) is 4.68. The molecule has 2 fully saturated rings. The van der Waals surface area contributed by atoms with Crippen LogP contribution >= 0.6 is 0 Å². The number of carbonyl (C=O) groups is 1. The molecule has 2 aromatic heterocycles. The van der Waals surface area contributed by atoms with Crippen molar-refractivity contribution in [1.29, 1.82) is 0 Å². The highest BCUT2D eigenvalue weighted by molar-refractivity contribution is 5.95. The molecule has 3 aromatic rings. The maximum Gasteiger partial charge on any atom is 0.438 e. The Kier molecular flexibility index (Phi) is 3.74. The van der Waals surface area contributed by atoms with Gasteiger partial charge in [0.15, 0.2) is 5.82 Å². The lowest BCUT2D eigenvalue weighted by molar-refractivity contribution is 0.0682. The minimum absolute atomic E-state index is 0.122. The van der Waals surface area contributed by atoms with Gasteiger partial charge in [0.2, 0.25) is 0 Å². The van der Waals surface area contributed by atoms with E-state index in [4.69, 9.17) is 9.26 Å². The molecule has 1 unspecified atom stereocenters. The van der Waals surface area contributed by atoms with E-state index in [9.17, 15) is 14.7 Å². The van der Waals surface area contributed by atoms with Crippen LogP contribution in [0.1, 0.15) is 54.0 Å². The lowest BCUT2D eigenvalue weighted by Gasteiger charge is -2.23. The molecular formula is C20H21N3O5.